The summed E-state index contributed by atoms with van der Waals surface area (Å²) in [5.41, 5.74) is 5.23. The molecule has 2 N–H and O–H groups in total. The van der Waals surface area contributed by atoms with Gasteiger partial charge >= 0.3 is 0 Å². The smallest absolute Gasteiger partial charge is 0.148 e. The van der Waals surface area contributed by atoms with Gasteiger partial charge in [-0.05, 0) is 12.1 Å². The van der Waals surface area contributed by atoms with Gasteiger partial charge in [-0.3, -0.25) is 0 Å². The van der Waals surface area contributed by atoms with Gasteiger partial charge in [-0.15, -0.1) is 0 Å². The Kier molecular flexibility index (Phi) is 3.47. The average molecular weight is 226 g/mol. The van der Waals surface area contributed by atoms with Crippen molar-refractivity contribution in [3.8, 4) is 0 Å². The molecular formula is C8H7Cl2F2N. The fourth-order valence-corrected chi connectivity index (χ4v) is 1.41. The van der Waals surface area contributed by atoms with Crippen LogP contribution in [0.2, 0.25) is 10.0 Å². The lowest BCUT2D eigenvalue weighted by Crippen LogP contribution is -2.14. The first-order chi connectivity index (χ1) is 6.07. The first-order valence-electron chi connectivity index (χ1n) is 3.53. The lowest BCUT2D eigenvalue weighted by molar-refractivity contribution is 0.427. The maximum Gasteiger partial charge on any atom is 0.148 e. The Balaban J connectivity index is 3.25. The summed E-state index contributed by atoms with van der Waals surface area (Å²) in [6.07, 6.45) is 0. The maximum absolute atomic E-state index is 13.2. The summed E-state index contributed by atoms with van der Waals surface area (Å²) in [7, 11) is 0. The quantitative estimate of drug-likeness (QED) is 0.770. The van der Waals surface area contributed by atoms with E-state index in [0.717, 1.165) is 0 Å². The molecule has 0 spiro atoms. The number of alkyl halides is 1. The van der Waals surface area contributed by atoms with Gasteiger partial charge in [0.25, 0.3) is 0 Å². The lowest BCUT2D eigenvalue weighted by Gasteiger charge is -2.11. The molecule has 0 aliphatic rings. The van der Waals surface area contributed by atoms with E-state index in [1.807, 2.05) is 0 Å². The molecule has 1 aromatic carbocycles. The Morgan fingerprint density at radius 2 is 1.85 bits per heavy atom. The van der Waals surface area contributed by atoms with Crippen LogP contribution in [0.25, 0.3) is 0 Å². The first-order valence-corrected chi connectivity index (χ1v) is 4.28. The van der Waals surface area contributed by atoms with Crippen LogP contribution in [-0.2, 0) is 0 Å². The predicted molar refractivity (Wildman–Crippen MR) is 49.3 cm³/mol. The van der Waals surface area contributed by atoms with Gasteiger partial charge in [-0.25, -0.2) is 8.78 Å². The molecule has 0 bridgehead atoms. The minimum atomic E-state index is -1.06. The molecule has 1 atom stereocenters. The molecule has 0 aliphatic carbocycles. The third-order valence-corrected chi connectivity index (χ3v) is 2.24. The van der Waals surface area contributed by atoms with E-state index < -0.39 is 18.5 Å². The van der Waals surface area contributed by atoms with Crippen LogP contribution >= 0.6 is 23.2 Å². The molecule has 72 valence electrons. The van der Waals surface area contributed by atoms with E-state index in [-0.39, 0.29) is 15.6 Å². The summed E-state index contributed by atoms with van der Waals surface area (Å²) in [6, 6.07) is 1.62. The second-order valence-electron chi connectivity index (χ2n) is 2.52. The van der Waals surface area contributed by atoms with E-state index >= 15 is 0 Å². The molecule has 5 heteroatoms. The van der Waals surface area contributed by atoms with Crippen molar-refractivity contribution in [1.82, 2.24) is 0 Å². The van der Waals surface area contributed by atoms with E-state index in [9.17, 15) is 8.78 Å². The van der Waals surface area contributed by atoms with Gasteiger partial charge in [0.05, 0.1) is 11.1 Å². The highest BCUT2D eigenvalue weighted by Gasteiger charge is 2.17. The van der Waals surface area contributed by atoms with Crippen molar-refractivity contribution < 1.29 is 8.78 Å². The Bertz CT molecular complexity index is 317. The topological polar surface area (TPSA) is 26.0 Å². The van der Waals surface area contributed by atoms with Crippen molar-refractivity contribution in [3.05, 3.63) is 33.6 Å². The van der Waals surface area contributed by atoms with Crippen LogP contribution in [0.3, 0.4) is 0 Å². The van der Waals surface area contributed by atoms with Crippen molar-refractivity contribution in [2.45, 2.75) is 6.04 Å². The Hall–Kier alpha value is -0.380. The van der Waals surface area contributed by atoms with Crippen molar-refractivity contribution in [3.63, 3.8) is 0 Å². The van der Waals surface area contributed by atoms with E-state index in [1.54, 1.807) is 0 Å². The van der Waals surface area contributed by atoms with Gasteiger partial charge in [0.2, 0.25) is 0 Å². The highest BCUT2D eigenvalue weighted by atomic mass is 35.5. The fraction of sp³-hybridized carbons (Fsp3) is 0.250. The van der Waals surface area contributed by atoms with Gasteiger partial charge in [0.15, 0.2) is 0 Å². The molecule has 0 aliphatic heterocycles. The lowest BCUT2D eigenvalue weighted by atomic mass is 10.1. The Labute approximate surface area is 84.4 Å². The number of halogens is 4. The summed E-state index contributed by atoms with van der Waals surface area (Å²) >= 11 is 11.1. The van der Waals surface area contributed by atoms with E-state index in [0.29, 0.717) is 0 Å². The SMILES string of the molecule is N[C@@H](CF)c1c(Cl)ccc(Cl)c1F. The number of hydrogen-bond donors (Lipinski definition) is 1. The average Bonchev–Trinajstić information content (AvgIpc) is 2.12. The third kappa shape index (κ3) is 2.10. The molecule has 0 fully saturated rings. The van der Waals surface area contributed by atoms with Crippen molar-refractivity contribution >= 4 is 23.2 Å². The second kappa shape index (κ2) is 4.22. The van der Waals surface area contributed by atoms with Gasteiger partial charge in [0, 0.05) is 10.6 Å². The molecule has 0 saturated carbocycles. The van der Waals surface area contributed by atoms with Gasteiger partial charge < -0.3 is 5.73 Å². The van der Waals surface area contributed by atoms with Crippen LogP contribution in [0.4, 0.5) is 8.78 Å². The van der Waals surface area contributed by atoms with E-state index in [2.05, 4.69) is 0 Å². The highest BCUT2D eigenvalue weighted by Crippen LogP contribution is 2.29. The Morgan fingerprint density at radius 1 is 1.31 bits per heavy atom. The highest BCUT2D eigenvalue weighted by molar-refractivity contribution is 6.33. The summed E-state index contributed by atoms with van der Waals surface area (Å²) in [6.45, 7) is -0.878. The standard InChI is InChI=1S/C8H7Cl2F2N/c9-4-1-2-5(10)8(12)7(4)6(13)3-11/h1-2,6H,3,13H2/t6-/m0/s1. The summed E-state index contributed by atoms with van der Waals surface area (Å²) < 4.78 is 25.4. The normalized spacial score (nSPS) is 13.0. The molecule has 0 saturated heterocycles. The summed E-state index contributed by atoms with van der Waals surface area (Å²) in [5.74, 6) is -0.751. The van der Waals surface area contributed by atoms with Crippen molar-refractivity contribution in [2.75, 3.05) is 6.67 Å². The minimum absolute atomic E-state index is 0.0725. The van der Waals surface area contributed by atoms with Crippen LogP contribution in [0.1, 0.15) is 11.6 Å². The zero-order valence-electron chi connectivity index (χ0n) is 6.53. The van der Waals surface area contributed by atoms with Crippen LogP contribution in [0, 0.1) is 5.82 Å². The molecule has 0 radical (unpaired) electrons. The molecular weight excluding hydrogens is 219 g/mol. The zero-order chi connectivity index (χ0) is 10.0. The van der Waals surface area contributed by atoms with Crippen molar-refractivity contribution in [2.24, 2.45) is 5.73 Å². The maximum atomic E-state index is 13.2. The monoisotopic (exact) mass is 225 g/mol. The first kappa shape index (κ1) is 10.7. The zero-order valence-corrected chi connectivity index (χ0v) is 8.04. The molecule has 0 unspecified atom stereocenters. The molecule has 0 heterocycles. The van der Waals surface area contributed by atoms with E-state index in [1.165, 1.54) is 12.1 Å². The minimum Gasteiger partial charge on any atom is -0.322 e. The largest absolute Gasteiger partial charge is 0.322 e. The predicted octanol–water partition coefficient (Wildman–Crippen LogP) is 3.10. The number of hydrogen-bond acceptors (Lipinski definition) is 1. The van der Waals surface area contributed by atoms with Crippen molar-refractivity contribution in [1.29, 1.82) is 0 Å². The van der Waals surface area contributed by atoms with Gasteiger partial charge in [-0.2, -0.15) is 0 Å². The second-order valence-corrected chi connectivity index (χ2v) is 3.33. The molecule has 0 amide bonds. The van der Waals surface area contributed by atoms with Crippen LogP contribution in [0.15, 0.2) is 12.1 Å². The summed E-state index contributed by atoms with van der Waals surface area (Å²) in [4.78, 5) is 0. The van der Waals surface area contributed by atoms with Gasteiger partial charge in [0.1, 0.15) is 12.5 Å². The number of rotatable bonds is 2. The van der Waals surface area contributed by atoms with Crippen LogP contribution < -0.4 is 5.73 Å². The summed E-state index contributed by atoms with van der Waals surface area (Å²) in [5, 5.41) is -0.0182. The molecule has 0 aromatic heterocycles. The fourth-order valence-electron chi connectivity index (χ4n) is 0.960. The van der Waals surface area contributed by atoms with E-state index in [4.69, 9.17) is 28.9 Å². The molecule has 1 rings (SSSR count). The van der Waals surface area contributed by atoms with Crippen LogP contribution in [-0.4, -0.2) is 6.67 Å². The third-order valence-electron chi connectivity index (χ3n) is 1.62. The van der Waals surface area contributed by atoms with Gasteiger partial charge in [-0.1, -0.05) is 23.2 Å². The molecule has 13 heavy (non-hydrogen) atoms. The Morgan fingerprint density at radius 3 is 2.38 bits per heavy atom. The van der Waals surface area contributed by atoms with Crippen LogP contribution in [0.5, 0.6) is 0 Å². The molecule has 1 nitrogen and oxygen atoms in total. The molecule has 1 aromatic rings. The number of benzene rings is 1. The number of nitrogens with two attached hydrogens (primary N) is 1.